The molecule has 0 radical (unpaired) electrons. The molecule has 0 aliphatic carbocycles. The van der Waals surface area contributed by atoms with Crippen LogP contribution in [0, 0.1) is 0 Å². The quantitative estimate of drug-likeness (QED) is 0.394. The molecule has 1 aromatic carbocycles. The minimum Gasteiger partial charge on any atom is -0.378 e. The zero-order chi connectivity index (χ0) is 27.0. The van der Waals surface area contributed by atoms with Crippen LogP contribution < -0.4 is 14.5 Å². The molecule has 4 aromatic rings. The van der Waals surface area contributed by atoms with Gasteiger partial charge in [-0.15, -0.1) is 0 Å². The number of benzene rings is 1. The van der Waals surface area contributed by atoms with Crippen LogP contribution in [0.1, 0.15) is 21.6 Å². The van der Waals surface area contributed by atoms with E-state index in [-0.39, 0.29) is 12.5 Å². The van der Waals surface area contributed by atoms with Gasteiger partial charge >= 0.3 is 0 Å². The van der Waals surface area contributed by atoms with E-state index < -0.39 is 10.0 Å². The Morgan fingerprint density at radius 1 is 1.00 bits per heavy atom. The molecule has 200 valence electrons. The van der Waals surface area contributed by atoms with Gasteiger partial charge in [-0.1, -0.05) is 12.1 Å². The van der Waals surface area contributed by atoms with Crippen LogP contribution in [0.2, 0.25) is 0 Å². The van der Waals surface area contributed by atoms with Gasteiger partial charge in [0.2, 0.25) is 10.0 Å². The van der Waals surface area contributed by atoms with E-state index in [9.17, 15) is 13.2 Å². The minimum absolute atomic E-state index is 0.207. The molecule has 0 spiro atoms. The number of pyridine rings is 3. The molecule has 1 fully saturated rings. The predicted octanol–water partition coefficient (Wildman–Crippen LogP) is 2.78. The zero-order valence-electron chi connectivity index (χ0n) is 21.5. The molecule has 2 aliphatic heterocycles. The lowest BCUT2D eigenvalue weighted by Crippen LogP contribution is -2.36. The van der Waals surface area contributed by atoms with Crippen LogP contribution in [0.15, 0.2) is 60.8 Å². The van der Waals surface area contributed by atoms with Crippen LogP contribution in [-0.2, 0) is 27.7 Å². The summed E-state index contributed by atoms with van der Waals surface area (Å²) in [6, 6.07) is 16.9. The van der Waals surface area contributed by atoms with Crippen molar-refractivity contribution in [2.75, 3.05) is 48.3 Å². The number of nitrogens with one attached hydrogen (secondary N) is 1. The number of ether oxygens (including phenoxy) is 1. The summed E-state index contributed by atoms with van der Waals surface area (Å²) in [6.07, 6.45) is 3.55. The Morgan fingerprint density at radius 3 is 2.64 bits per heavy atom. The van der Waals surface area contributed by atoms with Crippen molar-refractivity contribution in [3.63, 3.8) is 0 Å². The fraction of sp³-hybridized carbons (Fsp3) is 0.286. The number of morpholine rings is 1. The van der Waals surface area contributed by atoms with Gasteiger partial charge in [0.05, 0.1) is 54.3 Å². The maximum Gasteiger partial charge on any atom is 0.251 e. The highest BCUT2D eigenvalue weighted by atomic mass is 32.2. The number of fused-ring (bicyclic) bond motifs is 2. The number of carbonyl (C=O) groups is 1. The Labute approximate surface area is 226 Å². The molecule has 10 nitrogen and oxygen atoms in total. The fourth-order valence-electron chi connectivity index (χ4n) is 4.94. The zero-order valence-corrected chi connectivity index (χ0v) is 22.3. The second-order valence-corrected chi connectivity index (χ2v) is 11.6. The maximum absolute atomic E-state index is 12.9. The molecule has 3 aromatic heterocycles. The van der Waals surface area contributed by atoms with Crippen molar-refractivity contribution >= 4 is 38.3 Å². The second-order valence-electron chi connectivity index (χ2n) is 9.66. The number of hydrogen-bond acceptors (Lipinski definition) is 8. The van der Waals surface area contributed by atoms with E-state index in [0.717, 1.165) is 46.8 Å². The number of rotatable bonds is 6. The summed E-state index contributed by atoms with van der Waals surface area (Å²) in [5, 5.41) is 3.78. The van der Waals surface area contributed by atoms with Crippen LogP contribution in [-0.4, -0.2) is 68.4 Å². The van der Waals surface area contributed by atoms with Crippen molar-refractivity contribution in [3.8, 4) is 11.4 Å². The Balaban J connectivity index is 1.19. The van der Waals surface area contributed by atoms with E-state index in [0.29, 0.717) is 43.1 Å². The third kappa shape index (κ3) is 5.27. The molecule has 0 unspecified atom stereocenters. The molecule has 0 bridgehead atoms. The number of anilines is 2. The van der Waals surface area contributed by atoms with Gasteiger partial charge in [0.15, 0.2) is 0 Å². The number of aromatic nitrogens is 3. The van der Waals surface area contributed by atoms with Gasteiger partial charge in [-0.05, 0) is 54.4 Å². The van der Waals surface area contributed by atoms with Gasteiger partial charge in [0, 0.05) is 36.8 Å². The summed E-state index contributed by atoms with van der Waals surface area (Å²) in [6.45, 7) is 3.60. The number of carbonyl (C=O) groups excluding carboxylic acids is 1. The van der Waals surface area contributed by atoms with Crippen LogP contribution in [0.3, 0.4) is 0 Å². The SMILES string of the molecule is CS(=O)(=O)N1CCc2ccc(C(=O)NCc3cc4nc(-c5cccc(N6CCOCC6)n5)ccc4cn3)cc21. The van der Waals surface area contributed by atoms with E-state index in [1.54, 1.807) is 18.3 Å². The first-order valence-electron chi connectivity index (χ1n) is 12.8. The average molecular weight is 545 g/mol. The molecule has 11 heteroatoms. The van der Waals surface area contributed by atoms with Gasteiger partial charge in [-0.3, -0.25) is 14.1 Å². The summed E-state index contributed by atoms with van der Waals surface area (Å²) in [7, 11) is -3.39. The first-order valence-corrected chi connectivity index (χ1v) is 14.6. The third-order valence-electron chi connectivity index (χ3n) is 6.99. The Morgan fingerprint density at radius 2 is 1.82 bits per heavy atom. The smallest absolute Gasteiger partial charge is 0.251 e. The van der Waals surface area contributed by atoms with Gasteiger partial charge in [-0.2, -0.15) is 0 Å². The average Bonchev–Trinajstić information content (AvgIpc) is 3.40. The van der Waals surface area contributed by atoms with Crippen LogP contribution in [0.5, 0.6) is 0 Å². The first kappa shape index (κ1) is 25.2. The largest absolute Gasteiger partial charge is 0.378 e. The molecule has 1 N–H and O–H groups in total. The van der Waals surface area contributed by atoms with Crippen LogP contribution >= 0.6 is 0 Å². The summed E-state index contributed by atoms with van der Waals surface area (Å²) in [4.78, 5) is 29.2. The van der Waals surface area contributed by atoms with Crippen molar-refractivity contribution in [3.05, 3.63) is 77.6 Å². The van der Waals surface area contributed by atoms with Crippen molar-refractivity contribution < 1.29 is 17.9 Å². The Kier molecular flexibility index (Phi) is 6.61. The third-order valence-corrected chi connectivity index (χ3v) is 8.17. The maximum atomic E-state index is 12.9. The van der Waals surface area contributed by atoms with Crippen molar-refractivity contribution in [2.24, 2.45) is 0 Å². The monoisotopic (exact) mass is 544 g/mol. The first-order chi connectivity index (χ1) is 18.8. The van der Waals surface area contributed by atoms with Crippen molar-refractivity contribution in [1.82, 2.24) is 20.3 Å². The molecule has 0 saturated carbocycles. The van der Waals surface area contributed by atoms with E-state index in [4.69, 9.17) is 14.7 Å². The predicted molar refractivity (Wildman–Crippen MR) is 149 cm³/mol. The van der Waals surface area contributed by atoms with Crippen LogP contribution in [0.4, 0.5) is 11.5 Å². The molecular weight excluding hydrogens is 516 g/mol. The van der Waals surface area contributed by atoms with Crippen molar-refractivity contribution in [2.45, 2.75) is 13.0 Å². The highest BCUT2D eigenvalue weighted by molar-refractivity contribution is 7.92. The van der Waals surface area contributed by atoms with Gasteiger partial charge in [0.1, 0.15) is 5.82 Å². The van der Waals surface area contributed by atoms with Crippen LogP contribution in [0.25, 0.3) is 22.3 Å². The van der Waals surface area contributed by atoms with E-state index >= 15 is 0 Å². The summed E-state index contributed by atoms with van der Waals surface area (Å²) < 4.78 is 31.0. The van der Waals surface area contributed by atoms with Crippen molar-refractivity contribution in [1.29, 1.82) is 0 Å². The number of amides is 1. The normalized spacial score (nSPS) is 15.4. The molecule has 39 heavy (non-hydrogen) atoms. The van der Waals surface area contributed by atoms with E-state index in [2.05, 4.69) is 15.2 Å². The molecule has 1 amide bonds. The number of hydrogen-bond donors (Lipinski definition) is 1. The molecule has 2 aliphatic rings. The van der Waals surface area contributed by atoms with Gasteiger partial charge < -0.3 is 15.0 Å². The summed E-state index contributed by atoms with van der Waals surface area (Å²) in [5.74, 6) is 0.605. The highest BCUT2D eigenvalue weighted by Crippen LogP contribution is 2.31. The van der Waals surface area contributed by atoms with E-state index in [1.165, 1.54) is 10.6 Å². The topological polar surface area (TPSA) is 118 Å². The standard InChI is InChI=1S/C28H28N6O4S/c1-39(36,37)34-10-9-19-5-6-20(15-26(19)34)28(35)30-18-22-16-25-21(17-29-22)7-8-24(31-25)23-3-2-4-27(32-23)33-11-13-38-14-12-33/h2-8,15-17H,9-14,18H2,1H3,(H,30,35). The summed E-state index contributed by atoms with van der Waals surface area (Å²) >= 11 is 0. The molecule has 0 atom stereocenters. The Bertz CT molecular complexity index is 1670. The number of sulfonamides is 1. The molecule has 1 saturated heterocycles. The Hall–Kier alpha value is -4.09. The summed E-state index contributed by atoms with van der Waals surface area (Å²) in [5.41, 5.74) is 4.84. The lowest BCUT2D eigenvalue weighted by Gasteiger charge is -2.28. The number of nitrogens with zero attached hydrogens (tertiary/aromatic N) is 5. The second kappa shape index (κ2) is 10.2. The van der Waals surface area contributed by atoms with Gasteiger partial charge in [-0.25, -0.2) is 18.4 Å². The van der Waals surface area contributed by atoms with Gasteiger partial charge in [0.25, 0.3) is 5.91 Å². The molecule has 6 rings (SSSR count). The van der Waals surface area contributed by atoms with E-state index in [1.807, 2.05) is 42.5 Å². The fourth-order valence-corrected chi connectivity index (χ4v) is 5.89. The molecular formula is C28H28N6O4S. The highest BCUT2D eigenvalue weighted by Gasteiger charge is 2.27. The lowest BCUT2D eigenvalue weighted by atomic mass is 10.1. The lowest BCUT2D eigenvalue weighted by molar-refractivity contribution is 0.0950. The molecule has 5 heterocycles. The minimum atomic E-state index is -3.39.